The van der Waals surface area contributed by atoms with Crippen molar-refractivity contribution in [1.82, 2.24) is 4.90 Å². The minimum atomic E-state index is -0.590. The smallest absolute Gasteiger partial charge is 0.0936 e. The number of hydrogen-bond acceptors (Lipinski definition) is 4. The SMILES string of the molecule is CC(C)N(CCCO)CC(O)c1ccccc1N. The molecule has 0 saturated heterocycles. The van der Waals surface area contributed by atoms with Crippen LogP contribution in [0.1, 0.15) is 31.9 Å². The normalized spacial score (nSPS) is 13.2. The predicted molar refractivity (Wildman–Crippen MR) is 74.2 cm³/mol. The number of hydrogen-bond donors (Lipinski definition) is 3. The average molecular weight is 252 g/mol. The van der Waals surface area contributed by atoms with Crippen molar-refractivity contribution in [3.05, 3.63) is 29.8 Å². The summed E-state index contributed by atoms with van der Waals surface area (Å²) in [5.41, 5.74) is 7.25. The largest absolute Gasteiger partial charge is 0.398 e. The summed E-state index contributed by atoms with van der Waals surface area (Å²) in [6.07, 6.45) is 0.127. The van der Waals surface area contributed by atoms with Crippen LogP contribution in [0.4, 0.5) is 5.69 Å². The molecule has 1 unspecified atom stereocenters. The summed E-state index contributed by atoms with van der Waals surface area (Å²) < 4.78 is 0. The van der Waals surface area contributed by atoms with Crippen LogP contribution in [0.5, 0.6) is 0 Å². The molecule has 0 amide bonds. The van der Waals surface area contributed by atoms with Gasteiger partial charge in [-0.15, -0.1) is 0 Å². The number of para-hydroxylation sites is 1. The molecule has 1 aromatic rings. The molecule has 4 nitrogen and oxygen atoms in total. The van der Waals surface area contributed by atoms with Gasteiger partial charge in [0.2, 0.25) is 0 Å². The standard InChI is InChI=1S/C14H24N2O2/c1-11(2)16(8-5-9-17)10-14(18)12-6-3-4-7-13(12)15/h3-4,6-7,11,14,17-18H,5,8-10,15H2,1-2H3. The number of nitrogen functional groups attached to an aromatic ring is 1. The van der Waals surface area contributed by atoms with Crippen molar-refractivity contribution >= 4 is 5.69 Å². The molecule has 0 radical (unpaired) electrons. The van der Waals surface area contributed by atoms with Crippen LogP contribution < -0.4 is 5.73 Å². The highest BCUT2D eigenvalue weighted by atomic mass is 16.3. The molecule has 0 aliphatic rings. The van der Waals surface area contributed by atoms with E-state index in [1.165, 1.54) is 0 Å². The van der Waals surface area contributed by atoms with E-state index < -0.39 is 6.10 Å². The highest BCUT2D eigenvalue weighted by molar-refractivity contribution is 5.47. The summed E-state index contributed by atoms with van der Waals surface area (Å²) in [6.45, 7) is 5.65. The fourth-order valence-corrected chi connectivity index (χ4v) is 1.97. The van der Waals surface area contributed by atoms with Gasteiger partial charge in [0, 0.05) is 37.0 Å². The summed E-state index contributed by atoms with van der Waals surface area (Å²) >= 11 is 0. The van der Waals surface area contributed by atoms with Crippen LogP contribution >= 0.6 is 0 Å². The molecule has 0 aromatic heterocycles. The number of benzene rings is 1. The Morgan fingerprint density at radius 1 is 1.28 bits per heavy atom. The van der Waals surface area contributed by atoms with Gasteiger partial charge in [0.15, 0.2) is 0 Å². The van der Waals surface area contributed by atoms with Crippen molar-refractivity contribution in [2.75, 3.05) is 25.4 Å². The fraction of sp³-hybridized carbons (Fsp3) is 0.571. The molecule has 0 saturated carbocycles. The molecule has 0 heterocycles. The Labute approximate surface area is 109 Å². The third kappa shape index (κ3) is 4.29. The molecule has 4 heteroatoms. The van der Waals surface area contributed by atoms with Crippen molar-refractivity contribution in [2.24, 2.45) is 0 Å². The maximum atomic E-state index is 10.2. The number of nitrogens with zero attached hydrogens (tertiary/aromatic N) is 1. The van der Waals surface area contributed by atoms with Gasteiger partial charge in [0.1, 0.15) is 0 Å². The third-order valence-corrected chi connectivity index (χ3v) is 3.10. The topological polar surface area (TPSA) is 69.7 Å². The molecule has 1 rings (SSSR count). The Morgan fingerprint density at radius 2 is 1.94 bits per heavy atom. The molecular formula is C14H24N2O2. The van der Waals surface area contributed by atoms with Gasteiger partial charge < -0.3 is 15.9 Å². The third-order valence-electron chi connectivity index (χ3n) is 3.10. The Bertz CT molecular complexity index is 355. The Hall–Kier alpha value is -1.10. The van der Waals surface area contributed by atoms with Crippen LogP contribution in [0.3, 0.4) is 0 Å². The van der Waals surface area contributed by atoms with Crippen molar-refractivity contribution in [2.45, 2.75) is 32.4 Å². The number of nitrogens with two attached hydrogens (primary N) is 1. The number of aliphatic hydroxyl groups excluding tert-OH is 2. The minimum absolute atomic E-state index is 0.173. The summed E-state index contributed by atoms with van der Waals surface area (Å²) in [5.74, 6) is 0. The fourth-order valence-electron chi connectivity index (χ4n) is 1.97. The van der Waals surface area contributed by atoms with Gasteiger partial charge in [-0.25, -0.2) is 0 Å². The summed E-state index contributed by atoms with van der Waals surface area (Å²) in [5, 5.41) is 19.1. The van der Waals surface area contributed by atoms with E-state index in [0.717, 1.165) is 18.5 Å². The van der Waals surface area contributed by atoms with Gasteiger partial charge in [-0.05, 0) is 26.3 Å². The summed E-state index contributed by atoms with van der Waals surface area (Å²) in [7, 11) is 0. The lowest BCUT2D eigenvalue weighted by atomic mass is 10.1. The Kier molecular flexibility index (Phi) is 6.12. The van der Waals surface area contributed by atoms with Crippen LogP contribution in [0, 0.1) is 0 Å². The molecule has 1 aromatic carbocycles. The Morgan fingerprint density at radius 3 is 2.50 bits per heavy atom. The summed E-state index contributed by atoms with van der Waals surface area (Å²) in [4.78, 5) is 2.15. The summed E-state index contributed by atoms with van der Waals surface area (Å²) in [6, 6.07) is 7.72. The Balaban J connectivity index is 2.66. The van der Waals surface area contributed by atoms with Gasteiger partial charge in [-0.2, -0.15) is 0 Å². The first-order valence-electron chi connectivity index (χ1n) is 6.43. The number of aliphatic hydroxyl groups is 2. The molecule has 0 aliphatic heterocycles. The van der Waals surface area contributed by atoms with Crippen LogP contribution in [0.25, 0.3) is 0 Å². The second-order valence-corrected chi connectivity index (χ2v) is 4.81. The van der Waals surface area contributed by atoms with Crippen molar-refractivity contribution < 1.29 is 10.2 Å². The zero-order valence-electron chi connectivity index (χ0n) is 11.2. The molecule has 1 atom stereocenters. The minimum Gasteiger partial charge on any atom is -0.398 e. The molecule has 0 fully saturated rings. The predicted octanol–water partition coefficient (Wildman–Crippen LogP) is 1.39. The van der Waals surface area contributed by atoms with E-state index in [0.29, 0.717) is 18.3 Å². The molecule has 0 bridgehead atoms. The lowest BCUT2D eigenvalue weighted by Gasteiger charge is -2.29. The van der Waals surface area contributed by atoms with E-state index in [2.05, 4.69) is 18.7 Å². The van der Waals surface area contributed by atoms with E-state index in [1.54, 1.807) is 6.07 Å². The average Bonchev–Trinajstić information content (AvgIpc) is 2.34. The molecular weight excluding hydrogens is 228 g/mol. The van der Waals surface area contributed by atoms with Gasteiger partial charge in [0.05, 0.1) is 6.10 Å². The van der Waals surface area contributed by atoms with E-state index in [-0.39, 0.29) is 6.61 Å². The van der Waals surface area contributed by atoms with Gasteiger partial charge in [0.25, 0.3) is 0 Å². The van der Waals surface area contributed by atoms with E-state index in [1.807, 2.05) is 18.2 Å². The first-order valence-corrected chi connectivity index (χ1v) is 6.43. The molecule has 0 aliphatic carbocycles. The quantitative estimate of drug-likeness (QED) is 0.641. The van der Waals surface area contributed by atoms with Gasteiger partial charge in [-0.3, -0.25) is 4.90 Å². The van der Waals surface area contributed by atoms with E-state index in [4.69, 9.17) is 10.8 Å². The zero-order valence-corrected chi connectivity index (χ0v) is 11.2. The maximum Gasteiger partial charge on any atom is 0.0936 e. The van der Waals surface area contributed by atoms with E-state index >= 15 is 0 Å². The number of rotatable bonds is 7. The molecule has 18 heavy (non-hydrogen) atoms. The molecule has 0 spiro atoms. The van der Waals surface area contributed by atoms with Crippen LogP contribution in [-0.2, 0) is 0 Å². The first kappa shape index (κ1) is 15.0. The van der Waals surface area contributed by atoms with Gasteiger partial charge >= 0.3 is 0 Å². The monoisotopic (exact) mass is 252 g/mol. The molecule has 4 N–H and O–H groups in total. The zero-order chi connectivity index (χ0) is 13.5. The highest BCUT2D eigenvalue weighted by Gasteiger charge is 2.17. The number of anilines is 1. The molecule has 102 valence electrons. The second kappa shape index (κ2) is 7.36. The van der Waals surface area contributed by atoms with Gasteiger partial charge in [-0.1, -0.05) is 18.2 Å². The first-order chi connectivity index (χ1) is 8.56. The van der Waals surface area contributed by atoms with Crippen LogP contribution in [0.15, 0.2) is 24.3 Å². The lowest BCUT2D eigenvalue weighted by molar-refractivity contribution is 0.0908. The van der Waals surface area contributed by atoms with Crippen molar-refractivity contribution in [3.63, 3.8) is 0 Å². The van der Waals surface area contributed by atoms with Crippen LogP contribution in [-0.4, -0.2) is 40.9 Å². The second-order valence-electron chi connectivity index (χ2n) is 4.81. The van der Waals surface area contributed by atoms with Crippen molar-refractivity contribution in [3.8, 4) is 0 Å². The lowest BCUT2D eigenvalue weighted by Crippen LogP contribution is -2.36. The highest BCUT2D eigenvalue weighted by Crippen LogP contribution is 2.21. The van der Waals surface area contributed by atoms with Crippen LogP contribution in [0.2, 0.25) is 0 Å². The van der Waals surface area contributed by atoms with Crippen molar-refractivity contribution in [1.29, 1.82) is 0 Å². The maximum absolute atomic E-state index is 10.2. The van der Waals surface area contributed by atoms with E-state index in [9.17, 15) is 5.11 Å².